The first kappa shape index (κ1) is 13.4. The van der Waals surface area contributed by atoms with Crippen LogP contribution in [-0.4, -0.2) is 51.1 Å². The Morgan fingerprint density at radius 3 is 2.89 bits per heavy atom. The lowest BCUT2D eigenvalue weighted by atomic mass is 10.3. The van der Waals surface area contributed by atoms with E-state index < -0.39 is 5.97 Å². The molecule has 7 heteroatoms. The number of aromatic nitrogens is 2. The molecule has 0 aliphatic heterocycles. The molecule has 1 aliphatic carbocycles. The predicted octanol–water partition coefficient (Wildman–Crippen LogP) is 0.601. The second-order valence-electron chi connectivity index (χ2n) is 4.63. The molecular formula is C12H18N4O3. The lowest BCUT2D eigenvalue weighted by Gasteiger charge is -2.21. The van der Waals surface area contributed by atoms with Crippen LogP contribution in [0.25, 0.3) is 0 Å². The average Bonchev–Trinajstić information content (AvgIpc) is 3.06. The second kappa shape index (κ2) is 6.21. The maximum atomic E-state index is 12.0. The Labute approximate surface area is 111 Å². The highest BCUT2D eigenvalue weighted by Gasteiger charge is 2.32. The quantitative estimate of drug-likeness (QED) is 0.673. The number of imidazole rings is 1. The van der Waals surface area contributed by atoms with Gasteiger partial charge in [-0.05, 0) is 12.8 Å². The SMILES string of the molecule is O=C(O)CCN(C(=O)NCCc1cnc[nH]1)C1CC1. The molecule has 0 aromatic carbocycles. The largest absolute Gasteiger partial charge is 0.481 e. The van der Waals surface area contributed by atoms with Crippen LogP contribution in [0.2, 0.25) is 0 Å². The predicted molar refractivity (Wildman–Crippen MR) is 67.7 cm³/mol. The number of hydrogen-bond acceptors (Lipinski definition) is 3. The topological polar surface area (TPSA) is 98.3 Å². The van der Waals surface area contributed by atoms with Gasteiger partial charge in [0.25, 0.3) is 0 Å². The van der Waals surface area contributed by atoms with Gasteiger partial charge in [-0.15, -0.1) is 0 Å². The monoisotopic (exact) mass is 266 g/mol. The number of rotatable bonds is 7. The highest BCUT2D eigenvalue weighted by atomic mass is 16.4. The van der Waals surface area contributed by atoms with Crippen molar-refractivity contribution in [2.45, 2.75) is 31.7 Å². The first-order valence-electron chi connectivity index (χ1n) is 6.40. The van der Waals surface area contributed by atoms with E-state index in [1.54, 1.807) is 17.4 Å². The number of amides is 2. The number of urea groups is 1. The van der Waals surface area contributed by atoms with Gasteiger partial charge in [0.05, 0.1) is 12.7 Å². The molecule has 1 heterocycles. The van der Waals surface area contributed by atoms with Crippen LogP contribution in [-0.2, 0) is 11.2 Å². The number of nitrogens with zero attached hydrogens (tertiary/aromatic N) is 2. The van der Waals surface area contributed by atoms with Crippen molar-refractivity contribution in [1.82, 2.24) is 20.2 Å². The summed E-state index contributed by atoms with van der Waals surface area (Å²) in [6, 6.07) is 0.0368. The summed E-state index contributed by atoms with van der Waals surface area (Å²) >= 11 is 0. The molecule has 1 saturated carbocycles. The normalized spacial score (nSPS) is 14.1. The van der Waals surface area contributed by atoms with Crippen molar-refractivity contribution in [1.29, 1.82) is 0 Å². The third-order valence-corrected chi connectivity index (χ3v) is 3.04. The number of aliphatic carboxylic acids is 1. The van der Waals surface area contributed by atoms with Crippen molar-refractivity contribution in [2.24, 2.45) is 0 Å². The molecule has 0 radical (unpaired) electrons. The van der Waals surface area contributed by atoms with E-state index in [4.69, 9.17) is 5.11 Å². The fourth-order valence-electron chi connectivity index (χ4n) is 1.88. The van der Waals surface area contributed by atoms with E-state index in [1.807, 2.05) is 0 Å². The highest BCUT2D eigenvalue weighted by molar-refractivity contribution is 5.76. The van der Waals surface area contributed by atoms with Gasteiger partial charge in [0.15, 0.2) is 0 Å². The summed E-state index contributed by atoms with van der Waals surface area (Å²) in [6.45, 7) is 0.785. The van der Waals surface area contributed by atoms with Crippen LogP contribution < -0.4 is 5.32 Å². The van der Waals surface area contributed by atoms with E-state index in [2.05, 4.69) is 15.3 Å². The van der Waals surface area contributed by atoms with Gasteiger partial charge in [0.2, 0.25) is 0 Å². The Balaban J connectivity index is 1.74. The third kappa shape index (κ3) is 4.27. The summed E-state index contributed by atoms with van der Waals surface area (Å²) in [5.41, 5.74) is 0.962. The van der Waals surface area contributed by atoms with E-state index in [9.17, 15) is 9.59 Å². The van der Waals surface area contributed by atoms with Crippen molar-refractivity contribution >= 4 is 12.0 Å². The highest BCUT2D eigenvalue weighted by Crippen LogP contribution is 2.26. The number of nitrogens with one attached hydrogen (secondary N) is 2. The Kier molecular flexibility index (Phi) is 4.38. The number of carbonyl (C=O) groups is 2. The van der Waals surface area contributed by atoms with Gasteiger partial charge in [-0.25, -0.2) is 9.78 Å². The third-order valence-electron chi connectivity index (χ3n) is 3.04. The lowest BCUT2D eigenvalue weighted by Crippen LogP contribution is -2.43. The molecule has 1 aromatic rings. The molecular weight excluding hydrogens is 248 g/mol. The summed E-state index contributed by atoms with van der Waals surface area (Å²) in [7, 11) is 0. The molecule has 19 heavy (non-hydrogen) atoms. The van der Waals surface area contributed by atoms with Gasteiger partial charge in [-0.2, -0.15) is 0 Å². The first-order chi connectivity index (χ1) is 9.16. The van der Waals surface area contributed by atoms with Crippen LogP contribution in [0, 0.1) is 0 Å². The molecule has 1 aromatic heterocycles. The van der Waals surface area contributed by atoms with Crippen LogP contribution >= 0.6 is 0 Å². The fraction of sp³-hybridized carbons (Fsp3) is 0.583. The number of carboxylic acid groups (broad SMARTS) is 1. The van der Waals surface area contributed by atoms with Crippen molar-refractivity contribution in [3.05, 3.63) is 18.2 Å². The van der Waals surface area contributed by atoms with Gasteiger partial charge in [0.1, 0.15) is 0 Å². The van der Waals surface area contributed by atoms with Crippen LogP contribution in [0.4, 0.5) is 4.79 Å². The molecule has 1 aliphatic rings. The zero-order valence-electron chi connectivity index (χ0n) is 10.6. The van der Waals surface area contributed by atoms with Gasteiger partial charge >= 0.3 is 12.0 Å². The van der Waals surface area contributed by atoms with E-state index in [-0.39, 0.29) is 25.0 Å². The molecule has 0 bridgehead atoms. The molecule has 0 spiro atoms. The second-order valence-corrected chi connectivity index (χ2v) is 4.63. The number of aromatic amines is 1. The Bertz CT molecular complexity index is 428. The van der Waals surface area contributed by atoms with Crippen molar-refractivity contribution in [3.63, 3.8) is 0 Å². The number of carbonyl (C=O) groups excluding carboxylic acids is 1. The number of hydrogen-bond donors (Lipinski definition) is 3. The van der Waals surface area contributed by atoms with E-state index in [1.165, 1.54) is 0 Å². The molecule has 0 saturated heterocycles. The Morgan fingerprint density at radius 1 is 1.53 bits per heavy atom. The van der Waals surface area contributed by atoms with Gasteiger partial charge < -0.3 is 20.3 Å². The Hall–Kier alpha value is -2.05. The zero-order valence-corrected chi connectivity index (χ0v) is 10.6. The fourth-order valence-corrected chi connectivity index (χ4v) is 1.88. The van der Waals surface area contributed by atoms with E-state index in [0.717, 1.165) is 18.5 Å². The average molecular weight is 266 g/mol. The van der Waals surface area contributed by atoms with Gasteiger partial charge in [0, 0.05) is 37.4 Å². The minimum Gasteiger partial charge on any atom is -0.481 e. The molecule has 2 amide bonds. The van der Waals surface area contributed by atoms with Crippen LogP contribution in [0.3, 0.4) is 0 Å². The van der Waals surface area contributed by atoms with Crippen LogP contribution in [0.1, 0.15) is 25.0 Å². The van der Waals surface area contributed by atoms with Crippen molar-refractivity contribution < 1.29 is 14.7 Å². The molecule has 2 rings (SSSR count). The summed E-state index contributed by atoms with van der Waals surface area (Å²) in [5.74, 6) is -0.879. The van der Waals surface area contributed by atoms with E-state index in [0.29, 0.717) is 13.0 Å². The molecule has 3 N–H and O–H groups in total. The molecule has 7 nitrogen and oxygen atoms in total. The lowest BCUT2D eigenvalue weighted by molar-refractivity contribution is -0.137. The first-order valence-corrected chi connectivity index (χ1v) is 6.40. The minimum atomic E-state index is -0.879. The molecule has 1 fully saturated rings. The van der Waals surface area contributed by atoms with Crippen LogP contribution in [0.5, 0.6) is 0 Å². The number of carboxylic acids is 1. The molecule has 0 unspecified atom stereocenters. The summed E-state index contributed by atoms with van der Waals surface area (Å²) < 4.78 is 0. The van der Waals surface area contributed by atoms with Crippen LogP contribution in [0.15, 0.2) is 12.5 Å². The summed E-state index contributed by atoms with van der Waals surface area (Å²) in [5, 5.41) is 11.5. The summed E-state index contributed by atoms with van der Waals surface area (Å²) in [6.07, 6.45) is 5.92. The maximum Gasteiger partial charge on any atom is 0.317 e. The van der Waals surface area contributed by atoms with Crippen molar-refractivity contribution in [2.75, 3.05) is 13.1 Å². The Morgan fingerprint density at radius 2 is 2.32 bits per heavy atom. The minimum absolute atomic E-state index is 0.00946. The number of H-pyrrole nitrogens is 1. The molecule has 0 atom stereocenters. The zero-order chi connectivity index (χ0) is 13.7. The maximum absolute atomic E-state index is 12.0. The van der Waals surface area contributed by atoms with Gasteiger partial charge in [-0.3, -0.25) is 4.79 Å². The molecule has 104 valence electrons. The summed E-state index contributed by atoms with van der Waals surface area (Å²) in [4.78, 5) is 31.0. The standard InChI is InChI=1S/C12H18N4O3/c17-11(18)4-6-16(10-1-2-10)12(19)14-5-3-9-7-13-8-15-9/h7-8,10H,1-6H2,(H,13,15)(H,14,19)(H,17,18). The van der Waals surface area contributed by atoms with Crippen molar-refractivity contribution in [3.8, 4) is 0 Å². The smallest absolute Gasteiger partial charge is 0.317 e. The van der Waals surface area contributed by atoms with Gasteiger partial charge in [-0.1, -0.05) is 0 Å². The van der Waals surface area contributed by atoms with E-state index >= 15 is 0 Å².